The molecule has 8 atom stereocenters. The van der Waals surface area contributed by atoms with Crippen molar-refractivity contribution in [1.82, 2.24) is 14.7 Å². The Kier molecular flexibility index (Phi) is 9.53. The van der Waals surface area contributed by atoms with Crippen LogP contribution in [0.2, 0.25) is 0 Å². The van der Waals surface area contributed by atoms with Crippen LogP contribution in [-0.2, 0) is 28.7 Å². The number of fused-ring (bicyclic) bond motifs is 2. The summed E-state index contributed by atoms with van der Waals surface area (Å²) >= 11 is 0. The fourth-order valence-electron chi connectivity index (χ4n) is 7.62. The molecule has 1 aromatic rings. The van der Waals surface area contributed by atoms with E-state index < -0.39 is 65.2 Å². The highest BCUT2D eigenvalue weighted by atomic mass is 16.6. The van der Waals surface area contributed by atoms with Gasteiger partial charge >= 0.3 is 5.97 Å². The molecule has 2 fully saturated rings. The van der Waals surface area contributed by atoms with Crippen molar-refractivity contribution in [1.29, 1.82) is 0 Å². The molecule has 0 aromatic heterocycles. The first-order valence-electron chi connectivity index (χ1n) is 16.5. The fourth-order valence-corrected chi connectivity index (χ4v) is 7.62. The van der Waals surface area contributed by atoms with E-state index in [1.807, 2.05) is 84.0 Å². The van der Waals surface area contributed by atoms with E-state index in [-0.39, 0.29) is 37.3 Å². The third kappa shape index (κ3) is 5.90. The van der Waals surface area contributed by atoms with E-state index in [4.69, 9.17) is 9.47 Å². The number of likely N-dealkylation sites (N-methyl/N-ethyl adjacent to an activating group) is 1. The highest BCUT2D eigenvalue weighted by Gasteiger charge is 2.74. The Balaban J connectivity index is 1.65. The van der Waals surface area contributed by atoms with E-state index in [1.165, 1.54) is 4.90 Å². The van der Waals surface area contributed by atoms with Crippen LogP contribution < -0.4 is 0 Å². The Labute approximate surface area is 272 Å². The summed E-state index contributed by atoms with van der Waals surface area (Å²) in [5.41, 5.74) is -1.30. The van der Waals surface area contributed by atoms with Crippen LogP contribution in [-0.4, -0.2) is 99.1 Å². The summed E-state index contributed by atoms with van der Waals surface area (Å²) < 4.78 is 12.9. The molecular weight excluding hydrogens is 586 g/mol. The number of hydrogen-bond acceptors (Lipinski definition) is 7. The van der Waals surface area contributed by atoms with Crippen LogP contribution in [0.25, 0.3) is 0 Å². The molecule has 0 unspecified atom stereocenters. The number of hydrogen-bond donors (Lipinski definition) is 1. The minimum Gasteiger partial charge on any atom is -0.455 e. The molecule has 1 N–H and O–H groups in total. The maximum absolute atomic E-state index is 14.8. The number of allylic oxidation sites excluding steroid dienone is 1. The first-order chi connectivity index (χ1) is 21.7. The fraction of sp³-hybridized carbons (Fsp3) is 0.611. The average molecular weight is 636 g/mol. The Morgan fingerprint density at radius 2 is 1.74 bits per heavy atom. The normalized spacial score (nSPS) is 33.5. The van der Waals surface area contributed by atoms with E-state index in [1.54, 1.807) is 29.0 Å². The zero-order chi connectivity index (χ0) is 33.6. The Hall–Kier alpha value is -3.50. The Morgan fingerprint density at radius 1 is 1.04 bits per heavy atom. The van der Waals surface area contributed by atoms with E-state index in [0.29, 0.717) is 12.8 Å². The number of esters is 1. The van der Waals surface area contributed by atoms with Crippen LogP contribution >= 0.6 is 0 Å². The number of carbonyl (C=O) groups is 4. The monoisotopic (exact) mass is 635 g/mol. The van der Waals surface area contributed by atoms with Crippen molar-refractivity contribution in [2.45, 2.75) is 102 Å². The van der Waals surface area contributed by atoms with Gasteiger partial charge < -0.3 is 29.3 Å². The summed E-state index contributed by atoms with van der Waals surface area (Å²) in [7, 11) is 1.71. The largest absolute Gasteiger partial charge is 0.455 e. The number of benzene rings is 1. The molecule has 4 aliphatic heterocycles. The lowest BCUT2D eigenvalue weighted by Gasteiger charge is -2.43. The molecule has 10 nitrogen and oxygen atoms in total. The first-order valence-corrected chi connectivity index (χ1v) is 16.5. The topological polar surface area (TPSA) is 117 Å². The van der Waals surface area contributed by atoms with Crippen molar-refractivity contribution in [2.24, 2.45) is 17.8 Å². The van der Waals surface area contributed by atoms with Crippen molar-refractivity contribution in [2.75, 3.05) is 20.2 Å². The standard InChI is InChI=1S/C36H49N3O7/c1-22(2)20-25(21-40)39-31-33(43)38(35(4,5)6)19-13-9-12-16-27(41)37(7)23(3)30(24-14-10-8-11-15-24)45-34(44)28-26-17-18-36(31,46-26)29(28)32(39)42/h8-11,13-15,17-18,22-23,25-26,28-31,40H,12,16,19-21H2,1-7H3/b13-9-/t23-,25+,26+,28-,29-,30+,31+,36-/m0/s1. The van der Waals surface area contributed by atoms with E-state index in [2.05, 4.69) is 0 Å². The van der Waals surface area contributed by atoms with Crippen molar-refractivity contribution in [3.05, 3.63) is 60.2 Å². The summed E-state index contributed by atoms with van der Waals surface area (Å²) in [5.74, 6) is -3.31. The van der Waals surface area contributed by atoms with Gasteiger partial charge in [-0.2, -0.15) is 0 Å². The van der Waals surface area contributed by atoms with Gasteiger partial charge in [0.15, 0.2) is 0 Å². The van der Waals surface area contributed by atoms with Gasteiger partial charge in [0.25, 0.3) is 0 Å². The number of likely N-dealkylation sites (tertiary alicyclic amines) is 1. The van der Waals surface area contributed by atoms with Gasteiger partial charge in [0, 0.05) is 25.6 Å². The lowest BCUT2D eigenvalue weighted by Crippen LogP contribution is -2.61. The van der Waals surface area contributed by atoms with Crippen molar-refractivity contribution in [3.8, 4) is 0 Å². The second kappa shape index (κ2) is 13.0. The second-order valence-electron chi connectivity index (χ2n) is 14.6. The minimum absolute atomic E-state index is 0.0996. The molecule has 2 saturated heterocycles. The van der Waals surface area contributed by atoms with Crippen LogP contribution in [0.15, 0.2) is 54.6 Å². The molecule has 0 radical (unpaired) electrons. The number of carbonyl (C=O) groups excluding carboxylic acids is 4. The Morgan fingerprint density at radius 3 is 2.37 bits per heavy atom. The molecule has 4 aliphatic rings. The summed E-state index contributed by atoms with van der Waals surface area (Å²) in [6, 6.07) is 7.04. The summed E-state index contributed by atoms with van der Waals surface area (Å²) in [6.07, 6.45) is 6.96. The maximum Gasteiger partial charge on any atom is 0.313 e. The van der Waals surface area contributed by atoms with Crippen LogP contribution in [0.3, 0.4) is 0 Å². The number of aliphatic hydroxyl groups excluding tert-OH is 1. The number of rotatable bonds is 5. The van der Waals surface area contributed by atoms with Gasteiger partial charge in [0.1, 0.15) is 23.7 Å². The van der Waals surface area contributed by atoms with E-state index >= 15 is 0 Å². The molecular formula is C36H49N3O7. The molecule has 0 saturated carbocycles. The van der Waals surface area contributed by atoms with Crippen LogP contribution in [0.4, 0.5) is 0 Å². The number of nitrogens with zero attached hydrogens (tertiary/aromatic N) is 3. The van der Waals surface area contributed by atoms with Crippen LogP contribution in [0, 0.1) is 17.8 Å². The highest BCUT2D eigenvalue weighted by Crippen LogP contribution is 2.56. The van der Waals surface area contributed by atoms with Gasteiger partial charge in [-0.25, -0.2) is 0 Å². The molecule has 10 heteroatoms. The van der Waals surface area contributed by atoms with Crippen molar-refractivity contribution < 1.29 is 33.8 Å². The third-order valence-corrected chi connectivity index (χ3v) is 10.0. The van der Waals surface area contributed by atoms with E-state index in [0.717, 1.165) is 5.56 Å². The first kappa shape index (κ1) is 33.9. The lowest BCUT2D eigenvalue weighted by molar-refractivity contribution is -0.164. The van der Waals surface area contributed by atoms with Gasteiger partial charge in [0.2, 0.25) is 17.7 Å². The highest BCUT2D eigenvalue weighted by molar-refractivity contribution is 5.99. The molecule has 5 bridgehead atoms. The van der Waals surface area contributed by atoms with Gasteiger partial charge in [-0.05, 0) is 52.0 Å². The van der Waals surface area contributed by atoms with Gasteiger partial charge in [-0.1, -0.05) is 68.5 Å². The number of ether oxygens (including phenoxy) is 2. The second-order valence-corrected chi connectivity index (χ2v) is 14.6. The van der Waals surface area contributed by atoms with Crippen molar-refractivity contribution in [3.63, 3.8) is 0 Å². The molecule has 1 spiro atoms. The summed E-state index contributed by atoms with van der Waals surface area (Å²) in [4.78, 5) is 61.9. The number of aliphatic hydroxyl groups is 1. The molecule has 250 valence electrons. The van der Waals surface area contributed by atoms with Crippen LogP contribution in [0.1, 0.15) is 72.5 Å². The van der Waals surface area contributed by atoms with E-state index in [9.17, 15) is 24.3 Å². The van der Waals surface area contributed by atoms with Crippen molar-refractivity contribution >= 4 is 23.7 Å². The quantitative estimate of drug-likeness (QED) is 0.388. The SMILES string of the molecule is CC(C)C[C@H](CO)N1C(=O)[C@@H]2[C@H]3C(=O)O[C@@H](c4ccccc4)[C@H](C)N(C)C(=O)CC/C=C\CN(C(C)(C)C)C(=O)[C@@H]1[C@]21C=C[C@H]3O1. The predicted octanol–water partition coefficient (Wildman–Crippen LogP) is 3.65. The number of cyclic esters (lactones) is 1. The summed E-state index contributed by atoms with van der Waals surface area (Å²) in [5, 5.41) is 10.6. The third-order valence-electron chi connectivity index (χ3n) is 10.0. The van der Waals surface area contributed by atoms with Gasteiger partial charge in [0.05, 0.1) is 30.7 Å². The van der Waals surface area contributed by atoms with Crippen LogP contribution in [0.5, 0.6) is 0 Å². The number of amides is 3. The molecule has 0 aliphatic carbocycles. The molecule has 1 aromatic carbocycles. The zero-order valence-electron chi connectivity index (χ0n) is 28.1. The van der Waals surface area contributed by atoms with Gasteiger partial charge in [-0.3, -0.25) is 19.2 Å². The maximum atomic E-state index is 14.8. The Bertz CT molecular complexity index is 1390. The minimum atomic E-state index is -1.39. The van der Waals surface area contributed by atoms with Gasteiger partial charge in [-0.15, -0.1) is 0 Å². The predicted molar refractivity (Wildman–Crippen MR) is 172 cm³/mol. The lowest BCUT2D eigenvalue weighted by atomic mass is 9.74. The smallest absolute Gasteiger partial charge is 0.313 e. The molecule has 4 heterocycles. The summed E-state index contributed by atoms with van der Waals surface area (Å²) in [6.45, 7) is 11.6. The molecule has 5 rings (SSSR count). The molecule has 46 heavy (non-hydrogen) atoms. The molecule has 3 amide bonds. The average Bonchev–Trinajstić information content (AvgIpc) is 3.65. The zero-order valence-corrected chi connectivity index (χ0v) is 28.1.